The van der Waals surface area contributed by atoms with Gasteiger partial charge in [-0.25, -0.2) is 0 Å². The van der Waals surface area contributed by atoms with Gasteiger partial charge in [0.15, 0.2) is 0 Å². The smallest absolute Gasteiger partial charge is 0.251 e. The molecule has 0 aromatic heterocycles. The first-order chi connectivity index (χ1) is 9.06. The Morgan fingerprint density at radius 1 is 1.47 bits per heavy atom. The van der Waals surface area contributed by atoms with Gasteiger partial charge in [0.1, 0.15) is 0 Å². The van der Waals surface area contributed by atoms with Crippen LogP contribution in [0.1, 0.15) is 29.8 Å². The lowest BCUT2D eigenvalue weighted by atomic mass is 10.1. The van der Waals surface area contributed by atoms with Crippen molar-refractivity contribution < 1.29 is 14.3 Å². The number of hydrogen-bond donors (Lipinski definition) is 2. The fourth-order valence-electron chi connectivity index (χ4n) is 1.92. The summed E-state index contributed by atoms with van der Waals surface area (Å²) in [4.78, 5) is 23.1. The lowest BCUT2D eigenvalue weighted by Crippen LogP contribution is -2.28. The summed E-state index contributed by atoms with van der Waals surface area (Å²) < 4.78 is 5.34. The number of nitrogens with one attached hydrogen (secondary N) is 2. The van der Waals surface area contributed by atoms with Gasteiger partial charge in [-0.05, 0) is 31.5 Å². The summed E-state index contributed by atoms with van der Waals surface area (Å²) in [5.41, 5.74) is 2.21. The van der Waals surface area contributed by atoms with E-state index in [2.05, 4.69) is 10.6 Å². The maximum Gasteiger partial charge on any atom is 0.251 e. The van der Waals surface area contributed by atoms with Gasteiger partial charge >= 0.3 is 0 Å². The van der Waals surface area contributed by atoms with Crippen LogP contribution in [-0.2, 0) is 16.0 Å². The summed E-state index contributed by atoms with van der Waals surface area (Å²) in [6.45, 7) is 4.86. The van der Waals surface area contributed by atoms with E-state index in [1.165, 1.54) is 0 Å². The molecule has 0 atom stereocenters. The molecule has 5 heteroatoms. The highest BCUT2D eigenvalue weighted by Crippen LogP contribution is 2.23. The number of anilines is 1. The van der Waals surface area contributed by atoms with Crippen molar-refractivity contribution >= 4 is 17.5 Å². The second kappa shape index (κ2) is 5.84. The molecule has 0 aliphatic carbocycles. The van der Waals surface area contributed by atoms with Gasteiger partial charge in [0, 0.05) is 17.8 Å². The molecule has 19 heavy (non-hydrogen) atoms. The molecule has 1 heterocycles. The molecule has 102 valence electrons. The molecule has 1 aromatic carbocycles. The third-order valence-electron chi connectivity index (χ3n) is 2.84. The fraction of sp³-hybridized carbons (Fsp3) is 0.429. The molecule has 1 aliphatic heterocycles. The van der Waals surface area contributed by atoms with Gasteiger partial charge in [0.2, 0.25) is 5.91 Å². The van der Waals surface area contributed by atoms with E-state index in [0.717, 1.165) is 11.3 Å². The molecule has 2 rings (SSSR count). The van der Waals surface area contributed by atoms with E-state index < -0.39 is 0 Å². The van der Waals surface area contributed by atoms with Gasteiger partial charge in [-0.1, -0.05) is 6.07 Å². The van der Waals surface area contributed by atoms with Crippen molar-refractivity contribution in [1.82, 2.24) is 5.32 Å². The second-order valence-electron chi connectivity index (χ2n) is 4.77. The Bertz CT molecular complexity index is 497. The maximum absolute atomic E-state index is 11.9. The van der Waals surface area contributed by atoms with Crippen molar-refractivity contribution in [3.8, 4) is 0 Å². The number of ether oxygens (including phenoxy) is 1. The molecule has 2 amide bonds. The molecule has 1 aliphatic rings. The van der Waals surface area contributed by atoms with Crippen molar-refractivity contribution in [3.05, 3.63) is 29.3 Å². The predicted octanol–water partition coefficient (Wildman–Crippen LogP) is 1.34. The van der Waals surface area contributed by atoms with E-state index in [0.29, 0.717) is 25.1 Å². The van der Waals surface area contributed by atoms with Gasteiger partial charge in [0.05, 0.1) is 19.1 Å². The number of carbonyl (C=O) groups is 2. The summed E-state index contributed by atoms with van der Waals surface area (Å²) in [5.74, 6) is -0.186. The number of rotatable bonds is 5. The Morgan fingerprint density at radius 2 is 2.26 bits per heavy atom. The van der Waals surface area contributed by atoms with Crippen LogP contribution in [0, 0.1) is 0 Å². The lowest BCUT2D eigenvalue weighted by Gasteiger charge is -2.09. The zero-order valence-electron chi connectivity index (χ0n) is 11.2. The zero-order chi connectivity index (χ0) is 13.8. The molecular weight excluding hydrogens is 244 g/mol. The number of fused-ring (bicyclic) bond motifs is 1. The number of amides is 2. The molecule has 0 bridgehead atoms. The third kappa shape index (κ3) is 3.54. The van der Waals surface area contributed by atoms with Gasteiger partial charge in [-0.2, -0.15) is 0 Å². The Kier molecular flexibility index (Phi) is 4.16. The van der Waals surface area contributed by atoms with Crippen molar-refractivity contribution in [1.29, 1.82) is 0 Å². The molecule has 5 nitrogen and oxygen atoms in total. The summed E-state index contributed by atoms with van der Waals surface area (Å²) in [5, 5.41) is 5.51. The molecule has 0 fully saturated rings. The lowest BCUT2D eigenvalue weighted by molar-refractivity contribution is -0.115. The number of hydrogen-bond acceptors (Lipinski definition) is 3. The number of benzene rings is 1. The average Bonchev–Trinajstić information content (AvgIpc) is 2.73. The topological polar surface area (TPSA) is 67.4 Å². The molecule has 0 spiro atoms. The standard InChI is InChI=1S/C14H18N2O3/c1-9(2)19-6-5-15-14(18)11-4-3-10-8-13(17)16-12(10)7-11/h3-4,7,9H,5-6,8H2,1-2H3,(H,15,18)(H,16,17). The molecular formula is C14H18N2O3. The third-order valence-corrected chi connectivity index (χ3v) is 2.84. The summed E-state index contributed by atoms with van der Waals surface area (Å²) in [6, 6.07) is 5.25. The monoisotopic (exact) mass is 262 g/mol. The molecule has 2 N–H and O–H groups in total. The number of carbonyl (C=O) groups excluding carboxylic acids is 2. The summed E-state index contributed by atoms with van der Waals surface area (Å²) in [6.07, 6.45) is 0.548. The first-order valence-electron chi connectivity index (χ1n) is 6.39. The summed E-state index contributed by atoms with van der Waals surface area (Å²) in [7, 11) is 0. The Balaban J connectivity index is 1.90. The van der Waals surface area contributed by atoms with E-state index in [1.54, 1.807) is 12.1 Å². The van der Waals surface area contributed by atoms with E-state index in [9.17, 15) is 9.59 Å². The predicted molar refractivity (Wildman–Crippen MR) is 72.2 cm³/mol. The van der Waals surface area contributed by atoms with Crippen LogP contribution in [0.15, 0.2) is 18.2 Å². The van der Waals surface area contributed by atoms with Gasteiger partial charge in [-0.15, -0.1) is 0 Å². The van der Waals surface area contributed by atoms with Crippen LogP contribution >= 0.6 is 0 Å². The first-order valence-corrected chi connectivity index (χ1v) is 6.39. The van der Waals surface area contributed by atoms with Crippen molar-refractivity contribution in [3.63, 3.8) is 0 Å². The Morgan fingerprint density at radius 3 is 3.00 bits per heavy atom. The SMILES string of the molecule is CC(C)OCCNC(=O)c1ccc2c(c1)NC(=O)C2. The first kappa shape index (κ1) is 13.5. The maximum atomic E-state index is 11.9. The summed E-state index contributed by atoms with van der Waals surface area (Å²) >= 11 is 0. The van der Waals surface area contributed by atoms with E-state index in [4.69, 9.17) is 4.74 Å². The minimum Gasteiger partial charge on any atom is -0.377 e. The average molecular weight is 262 g/mol. The second-order valence-corrected chi connectivity index (χ2v) is 4.77. The van der Waals surface area contributed by atoms with E-state index in [1.807, 2.05) is 19.9 Å². The van der Waals surface area contributed by atoms with Crippen LogP contribution in [0.2, 0.25) is 0 Å². The zero-order valence-corrected chi connectivity index (χ0v) is 11.2. The Hall–Kier alpha value is -1.88. The highest BCUT2D eigenvalue weighted by atomic mass is 16.5. The fourth-order valence-corrected chi connectivity index (χ4v) is 1.92. The van der Waals surface area contributed by atoms with Crippen LogP contribution < -0.4 is 10.6 Å². The Labute approximate surface area is 112 Å². The van der Waals surface area contributed by atoms with Crippen LogP contribution in [0.5, 0.6) is 0 Å². The van der Waals surface area contributed by atoms with E-state index in [-0.39, 0.29) is 17.9 Å². The van der Waals surface area contributed by atoms with Crippen LogP contribution in [0.3, 0.4) is 0 Å². The van der Waals surface area contributed by atoms with Gasteiger partial charge < -0.3 is 15.4 Å². The molecule has 0 unspecified atom stereocenters. The highest BCUT2D eigenvalue weighted by molar-refractivity contribution is 6.02. The molecule has 0 radical (unpaired) electrons. The molecule has 0 saturated heterocycles. The minimum absolute atomic E-state index is 0.0297. The van der Waals surface area contributed by atoms with Crippen LogP contribution in [0.4, 0.5) is 5.69 Å². The quantitative estimate of drug-likeness (QED) is 0.787. The van der Waals surface area contributed by atoms with Crippen LogP contribution in [-0.4, -0.2) is 31.1 Å². The molecule has 0 saturated carbocycles. The largest absolute Gasteiger partial charge is 0.377 e. The highest BCUT2D eigenvalue weighted by Gasteiger charge is 2.18. The normalized spacial score (nSPS) is 13.3. The minimum atomic E-state index is -0.156. The van der Waals surface area contributed by atoms with Crippen molar-refractivity contribution in [2.24, 2.45) is 0 Å². The van der Waals surface area contributed by atoms with Crippen LogP contribution in [0.25, 0.3) is 0 Å². The van der Waals surface area contributed by atoms with Crippen molar-refractivity contribution in [2.75, 3.05) is 18.5 Å². The van der Waals surface area contributed by atoms with Gasteiger partial charge in [-0.3, -0.25) is 9.59 Å². The molecule has 1 aromatic rings. The van der Waals surface area contributed by atoms with Gasteiger partial charge in [0.25, 0.3) is 5.91 Å². The van der Waals surface area contributed by atoms with Crippen molar-refractivity contribution in [2.45, 2.75) is 26.4 Å². The van der Waals surface area contributed by atoms with E-state index >= 15 is 0 Å².